The number of carbonyl (C=O) groups is 2. The second-order valence-corrected chi connectivity index (χ2v) is 6.87. The fourth-order valence-electron chi connectivity index (χ4n) is 2.89. The van der Waals surface area contributed by atoms with E-state index >= 15 is 0 Å². The van der Waals surface area contributed by atoms with Crippen LogP contribution in [0.15, 0.2) is 54.6 Å². The van der Waals surface area contributed by atoms with Crippen molar-refractivity contribution in [2.75, 3.05) is 6.61 Å². The van der Waals surface area contributed by atoms with Gasteiger partial charge in [0.25, 0.3) is 5.91 Å². The van der Waals surface area contributed by atoms with E-state index in [1.54, 1.807) is 6.92 Å². The summed E-state index contributed by atoms with van der Waals surface area (Å²) in [6.45, 7) is 2.29. The van der Waals surface area contributed by atoms with E-state index in [0.29, 0.717) is 24.8 Å². The molecule has 1 amide bonds. The largest absolute Gasteiger partial charge is 0.484 e. The van der Waals surface area contributed by atoms with Crippen LogP contribution in [0.4, 0.5) is 0 Å². The van der Waals surface area contributed by atoms with Crippen LogP contribution in [-0.2, 0) is 22.6 Å². The van der Waals surface area contributed by atoms with Crippen LogP contribution < -0.4 is 4.74 Å². The Morgan fingerprint density at radius 3 is 2.31 bits per heavy atom. The quantitative estimate of drug-likeness (QED) is 0.691. The Labute approximate surface area is 154 Å². The molecule has 136 valence electrons. The van der Waals surface area contributed by atoms with Crippen LogP contribution in [0, 0.1) is 0 Å². The van der Waals surface area contributed by atoms with E-state index in [-0.39, 0.29) is 18.3 Å². The average molecular weight is 351 g/mol. The van der Waals surface area contributed by atoms with Gasteiger partial charge in [0.15, 0.2) is 6.61 Å². The molecule has 0 heterocycles. The van der Waals surface area contributed by atoms with E-state index in [1.807, 2.05) is 59.5 Å². The zero-order valence-electron chi connectivity index (χ0n) is 15.2. The van der Waals surface area contributed by atoms with E-state index in [9.17, 15) is 9.59 Å². The summed E-state index contributed by atoms with van der Waals surface area (Å²) in [4.78, 5) is 25.6. The number of carbonyl (C=O) groups excluding carboxylic acids is 2. The minimum Gasteiger partial charge on any atom is -0.484 e. The molecule has 0 atom stereocenters. The molecule has 0 N–H and O–H groups in total. The molecule has 0 bridgehead atoms. The fourth-order valence-corrected chi connectivity index (χ4v) is 2.89. The first-order valence-electron chi connectivity index (χ1n) is 9.16. The molecule has 0 spiro atoms. The van der Waals surface area contributed by atoms with Crippen LogP contribution in [0.5, 0.6) is 5.75 Å². The van der Waals surface area contributed by atoms with Crippen molar-refractivity contribution in [3.05, 3.63) is 65.7 Å². The van der Waals surface area contributed by atoms with Gasteiger partial charge in [0.05, 0.1) is 0 Å². The van der Waals surface area contributed by atoms with Crippen molar-refractivity contribution >= 4 is 11.7 Å². The molecule has 2 aromatic carbocycles. The Hall–Kier alpha value is -2.62. The minimum absolute atomic E-state index is 0.0250. The monoisotopic (exact) mass is 351 g/mol. The smallest absolute Gasteiger partial charge is 0.261 e. The molecule has 3 rings (SSSR count). The lowest BCUT2D eigenvalue weighted by atomic mass is 10.1. The molecule has 26 heavy (non-hydrogen) atoms. The highest BCUT2D eigenvalue weighted by Gasteiger charge is 2.32. The summed E-state index contributed by atoms with van der Waals surface area (Å²) in [5.41, 5.74) is 2.24. The molecule has 4 heteroatoms. The van der Waals surface area contributed by atoms with Crippen molar-refractivity contribution in [3.63, 3.8) is 0 Å². The van der Waals surface area contributed by atoms with Gasteiger partial charge in [0, 0.05) is 19.0 Å². The van der Waals surface area contributed by atoms with Crippen LogP contribution >= 0.6 is 0 Å². The number of aryl methyl sites for hydroxylation is 1. The summed E-state index contributed by atoms with van der Waals surface area (Å²) in [6.07, 6.45) is 3.43. The van der Waals surface area contributed by atoms with Gasteiger partial charge >= 0.3 is 0 Å². The standard InChI is InChI=1S/C22H25NO3/c1-17(24)7-8-18-9-13-21(14-10-18)26-16-22(25)23(20-11-12-20)15-19-5-3-2-4-6-19/h2-6,9-10,13-14,20H,7-8,11-12,15-16H2,1H3. The molecule has 2 aromatic rings. The van der Waals surface area contributed by atoms with Crippen molar-refractivity contribution in [2.24, 2.45) is 0 Å². The maximum absolute atomic E-state index is 12.6. The van der Waals surface area contributed by atoms with Crippen LogP contribution in [0.1, 0.15) is 37.3 Å². The molecule has 1 saturated carbocycles. The SMILES string of the molecule is CC(=O)CCc1ccc(OCC(=O)N(Cc2ccccc2)C2CC2)cc1. The summed E-state index contributed by atoms with van der Waals surface area (Å²) in [5, 5.41) is 0. The van der Waals surface area contributed by atoms with E-state index in [2.05, 4.69) is 0 Å². The Morgan fingerprint density at radius 2 is 1.69 bits per heavy atom. The Bertz CT molecular complexity index is 736. The molecular formula is C22H25NO3. The van der Waals surface area contributed by atoms with Gasteiger partial charge in [0.1, 0.15) is 11.5 Å². The van der Waals surface area contributed by atoms with E-state index in [0.717, 1.165) is 30.4 Å². The highest BCUT2D eigenvalue weighted by Crippen LogP contribution is 2.28. The second kappa shape index (κ2) is 8.65. The average Bonchev–Trinajstić information content (AvgIpc) is 3.49. The molecule has 0 aromatic heterocycles. The van der Waals surface area contributed by atoms with Crippen LogP contribution in [0.3, 0.4) is 0 Å². The van der Waals surface area contributed by atoms with Gasteiger partial charge in [-0.05, 0) is 49.4 Å². The molecule has 0 radical (unpaired) electrons. The maximum Gasteiger partial charge on any atom is 0.261 e. The first-order chi connectivity index (χ1) is 12.6. The minimum atomic E-state index is 0.0250. The van der Waals surface area contributed by atoms with Crippen molar-refractivity contribution in [1.82, 2.24) is 4.90 Å². The summed E-state index contributed by atoms with van der Waals surface area (Å²) >= 11 is 0. The summed E-state index contributed by atoms with van der Waals surface area (Å²) in [6, 6.07) is 18.0. The number of amides is 1. The third-order valence-corrected chi connectivity index (χ3v) is 4.56. The maximum atomic E-state index is 12.6. The highest BCUT2D eigenvalue weighted by atomic mass is 16.5. The fraction of sp³-hybridized carbons (Fsp3) is 0.364. The third-order valence-electron chi connectivity index (χ3n) is 4.56. The van der Waals surface area contributed by atoms with E-state index < -0.39 is 0 Å². The van der Waals surface area contributed by atoms with Crippen LogP contribution in [-0.4, -0.2) is 29.2 Å². The van der Waals surface area contributed by atoms with Crippen molar-refractivity contribution in [3.8, 4) is 5.75 Å². The van der Waals surface area contributed by atoms with Crippen molar-refractivity contribution in [2.45, 2.75) is 45.2 Å². The number of rotatable bonds is 9. The van der Waals surface area contributed by atoms with Gasteiger partial charge in [-0.2, -0.15) is 0 Å². The van der Waals surface area contributed by atoms with Crippen LogP contribution in [0.25, 0.3) is 0 Å². The normalized spacial score (nSPS) is 13.3. The van der Waals surface area contributed by atoms with Crippen molar-refractivity contribution in [1.29, 1.82) is 0 Å². The van der Waals surface area contributed by atoms with Gasteiger partial charge in [-0.3, -0.25) is 4.79 Å². The number of nitrogens with zero attached hydrogens (tertiary/aromatic N) is 1. The summed E-state index contributed by atoms with van der Waals surface area (Å²) in [7, 11) is 0. The number of hydrogen-bond donors (Lipinski definition) is 0. The van der Waals surface area contributed by atoms with Gasteiger partial charge in [-0.15, -0.1) is 0 Å². The topological polar surface area (TPSA) is 46.6 Å². The molecule has 0 saturated heterocycles. The highest BCUT2D eigenvalue weighted by molar-refractivity contribution is 5.78. The predicted octanol–water partition coefficient (Wildman–Crippen LogP) is 3.78. The van der Waals surface area contributed by atoms with Crippen molar-refractivity contribution < 1.29 is 14.3 Å². The molecule has 4 nitrogen and oxygen atoms in total. The molecule has 1 fully saturated rings. The lowest BCUT2D eigenvalue weighted by molar-refractivity contribution is -0.134. The Morgan fingerprint density at radius 1 is 1.00 bits per heavy atom. The second-order valence-electron chi connectivity index (χ2n) is 6.87. The van der Waals surface area contributed by atoms with Crippen LogP contribution in [0.2, 0.25) is 0 Å². The van der Waals surface area contributed by atoms with Gasteiger partial charge in [-0.1, -0.05) is 42.5 Å². The zero-order valence-corrected chi connectivity index (χ0v) is 15.2. The third kappa shape index (κ3) is 5.45. The first-order valence-corrected chi connectivity index (χ1v) is 9.16. The molecular weight excluding hydrogens is 326 g/mol. The molecule has 1 aliphatic rings. The number of hydrogen-bond acceptors (Lipinski definition) is 3. The number of Topliss-reactive ketones (excluding diaryl/α,β-unsaturated/α-hetero) is 1. The summed E-state index contributed by atoms with van der Waals surface area (Å²) < 4.78 is 5.69. The zero-order chi connectivity index (χ0) is 18.4. The lowest BCUT2D eigenvalue weighted by Gasteiger charge is -2.22. The predicted molar refractivity (Wildman–Crippen MR) is 101 cm³/mol. The molecule has 0 aliphatic heterocycles. The summed E-state index contributed by atoms with van der Waals surface area (Å²) in [5.74, 6) is 0.895. The first kappa shape index (κ1) is 18.2. The Kier molecular flexibility index (Phi) is 6.05. The van der Waals surface area contributed by atoms with Gasteiger partial charge in [0.2, 0.25) is 0 Å². The van der Waals surface area contributed by atoms with E-state index in [4.69, 9.17) is 4.74 Å². The molecule has 0 unspecified atom stereocenters. The van der Waals surface area contributed by atoms with Gasteiger partial charge in [-0.25, -0.2) is 0 Å². The number of ether oxygens (including phenoxy) is 1. The number of ketones is 1. The van der Waals surface area contributed by atoms with E-state index in [1.165, 1.54) is 0 Å². The molecule has 1 aliphatic carbocycles. The van der Waals surface area contributed by atoms with Gasteiger partial charge < -0.3 is 14.4 Å². The lowest BCUT2D eigenvalue weighted by Crippen LogP contribution is -2.36. The number of benzene rings is 2. The Balaban J connectivity index is 1.52.